The van der Waals surface area contributed by atoms with Gasteiger partial charge in [0.1, 0.15) is 5.75 Å². The summed E-state index contributed by atoms with van der Waals surface area (Å²) in [5.74, 6) is 0.870. The van der Waals surface area contributed by atoms with Crippen LogP contribution in [-0.2, 0) is 5.54 Å². The zero-order valence-electron chi connectivity index (χ0n) is 8.91. The van der Waals surface area contributed by atoms with Crippen molar-refractivity contribution in [3.63, 3.8) is 0 Å². The summed E-state index contributed by atoms with van der Waals surface area (Å²) in [6, 6.07) is 7.89. The van der Waals surface area contributed by atoms with Gasteiger partial charge in [0.25, 0.3) is 0 Å². The van der Waals surface area contributed by atoms with Crippen LogP contribution in [0.3, 0.4) is 0 Å². The van der Waals surface area contributed by atoms with Gasteiger partial charge < -0.3 is 10.5 Å². The zero-order chi connectivity index (χ0) is 9.90. The van der Waals surface area contributed by atoms with Crippen LogP contribution >= 0.6 is 12.4 Å². The van der Waals surface area contributed by atoms with Gasteiger partial charge in [-0.25, -0.2) is 0 Å². The fourth-order valence-corrected chi connectivity index (χ4v) is 1.31. The molecule has 3 heteroatoms. The van der Waals surface area contributed by atoms with Crippen molar-refractivity contribution in [1.29, 1.82) is 0 Å². The number of nitrogens with two attached hydrogens (primary N) is 1. The summed E-state index contributed by atoms with van der Waals surface area (Å²) in [7, 11) is 1.67. The monoisotopic (exact) mass is 215 g/mol. The number of ether oxygens (including phenoxy) is 1. The van der Waals surface area contributed by atoms with E-state index in [0.29, 0.717) is 0 Å². The van der Waals surface area contributed by atoms with E-state index in [9.17, 15) is 0 Å². The van der Waals surface area contributed by atoms with Crippen LogP contribution in [0.5, 0.6) is 5.75 Å². The standard InChI is InChI=1S/C11H17NO.ClH/c1-4-11(2,12)9-7-5-6-8-10(9)13-3;/h5-8H,4,12H2,1-3H3;1H. The third-order valence-corrected chi connectivity index (χ3v) is 2.46. The van der Waals surface area contributed by atoms with E-state index in [0.717, 1.165) is 17.7 Å². The van der Waals surface area contributed by atoms with Gasteiger partial charge in [-0.1, -0.05) is 25.1 Å². The Bertz CT molecular complexity index is 286. The summed E-state index contributed by atoms with van der Waals surface area (Å²) in [5, 5.41) is 0. The Kier molecular flexibility index (Phi) is 4.95. The Balaban J connectivity index is 0.00000169. The lowest BCUT2D eigenvalue weighted by Crippen LogP contribution is -2.32. The molecule has 0 aliphatic heterocycles. The van der Waals surface area contributed by atoms with E-state index in [1.165, 1.54) is 0 Å². The van der Waals surface area contributed by atoms with Crippen molar-refractivity contribution >= 4 is 12.4 Å². The van der Waals surface area contributed by atoms with Gasteiger partial charge in [0, 0.05) is 11.1 Å². The molecule has 0 aliphatic rings. The van der Waals surface area contributed by atoms with E-state index >= 15 is 0 Å². The molecule has 2 nitrogen and oxygen atoms in total. The highest BCUT2D eigenvalue weighted by Gasteiger charge is 2.21. The molecule has 0 amide bonds. The topological polar surface area (TPSA) is 35.2 Å². The summed E-state index contributed by atoms with van der Waals surface area (Å²) in [6.07, 6.45) is 0.896. The minimum Gasteiger partial charge on any atom is -0.496 e. The molecule has 2 N–H and O–H groups in total. The predicted octanol–water partition coefficient (Wildman–Crippen LogP) is 2.70. The van der Waals surface area contributed by atoms with Crippen molar-refractivity contribution in [2.24, 2.45) is 5.73 Å². The first-order valence-corrected chi connectivity index (χ1v) is 4.54. The number of rotatable bonds is 3. The molecule has 0 spiro atoms. The quantitative estimate of drug-likeness (QED) is 0.842. The SMILES string of the molecule is CCC(C)(N)c1ccccc1OC.Cl. The Morgan fingerprint density at radius 2 is 1.93 bits per heavy atom. The van der Waals surface area contributed by atoms with Crippen molar-refractivity contribution in [3.8, 4) is 5.75 Å². The molecule has 1 rings (SSSR count). The highest BCUT2D eigenvalue weighted by molar-refractivity contribution is 5.85. The number of benzene rings is 1. The van der Waals surface area contributed by atoms with Crippen LogP contribution < -0.4 is 10.5 Å². The third-order valence-electron chi connectivity index (χ3n) is 2.46. The lowest BCUT2D eigenvalue weighted by molar-refractivity contribution is 0.383. The summed E-state index contributed by atoms with van der Waals surface area (Å²) in [5.41, 5.74) is 6.90. The maximum Gasteiger partial charge on any atom is 0.123 e. The zero-order valence-corrected chi connectivity index (χ0v) is 9.73. The average molecular weight is 216 g/mol. The minimum absolute atomic E-state index is 0. The predicted molar refractivity (Wildman–Crippen MR) is 62.1 cm³/mol. The number of para-hydroxylation sites is 1. The molecule has 0 saturated carbocycles. The lowest BCUT2D eigenvalue weighted by atomic mass is 9.90. The van der Waals surface area contributed by atoms with E-state index in [2.05, 4.69) is 6.92 Å². The van der Waals surface area contributed by atoms with E-state index in [1.54, 1.807) is 7.11 Å². The fraction of sp³-hybridized carbons (Fsp3) is 0.455. The molecule has 14 heavy (non-hydrogen) atoms. The van der Waals surface area contributed by atoms with Crippen LogP contribution in [0.2, 0.25) is 0 Å². The number of hydrogen-bond donors (Lipinski definition) is 1. The molecule has 0 aromatic heterocycles. The summed E-state index contributed by atoms with van der Waals surface area (Å²) in [4.78, 5) is 0. The van der Waals surface area contributed by atoms with Crippen LogP contribution in [0.25, 0.3) is 0 Å². The maximum atomic E-state index is 6.13. The molecule has 0 fully saturated rings. The largest absolute Gasteiger partial charge is 0.496 e. The van der Waals surface area contributed by atoms with Gasteiger partial charge in [0.15, 0.2) is 0 Å². The third kappa shape index (κ3) is 2.63. The molecule has 1 atom stereocenters. The Morgan fingerprint density at radius 1 is 1.36 bits per heavy atom. The first-order valence-electron chi connectivity index (χ1n) is 4.54. The molecule has 0 bridgehead atoms. The Morgan fingerprint density at radius 3 is 2.43 bits per heavy atom. The molecular formula is C11H18ClNO. The second kappa shape index (κ2) is 5.23. The molecule has 0 aliphatic carbocycles. The molecule has 0 radical (unpaired) electrons. The van der Waals surface area contributed by atoms with Crippen LogP contribution in [0.15, 0.2) is 24.3 Å². The van der Waals surface area contributed by atoms with Crippen LogP contribution in [-0.4, -0.2) is 7.11 Å². The molecular weight excluding hydrogens is 198 g/mol. The lowest BCUT2D eigenvalue weighted by Gasteiger charge is -2.25. The van der Waals surface area contributed by atoms with Gasteiger partial charge in [-0.15, -0.1) is 12.4 Å². The minimum atomic E-state index is -0.299. The molecule has 1 aromatic rings. The van der Waals surface area contributed by atoms with Crippen molar-refractivity contribution in [2.45, 2.75) is 25.8 Å². The molecule has 1 unspecified atom stereocenters. The summed E-state index contributed by atoms with van der Waals surface area (Å²) < 4.78 is 5.25. The second-order valence-corrected chi connectivity index (χ2v) is 3.47. The summed E-state index contributed by atoms with van der Waals surface area (Å²) in [6.45, 7) is 4.09. The molecule has 0 heterocycles. The maximum absolute atomic E-state index is 6.13. The Labute approximate surface area is 91.9 Å². The van der Waals surface area contributed by atoms with Gasteiger partial charge >= 0.3 is 0 Å². The normalized spacial score (nSPS) is 14.0. The van der Waals surface area contributed by atoms with E-state index < -0.39 is 0 Å². The number of hydrogen-bond acceptors (Lipinski definition) is 2. The van der Waals surface area contributed by atoms with Crippen LogP contribution in [0, 0.1) is 0 Å². The first-order chi connectivity index (χ1) is 6.11. The van der Waals surface area contributed by atoms with Crippen molar-refractivity contribution in [1.82, 2.24) is 0 Å². The summed E-state index contributed by atoms with van der Waals surface area (Å²) >= 11 is 0. The van der Waals surface area contributed by atoms with E-state index in [4.69, 9.17) is 10.5 Å². The van der Waals surface area contributed by atoms with E-state index in [-0.39, 0.29) is 17.9 Å². The number of halogens is 1. The first kappa shape index (κ1) is 13.3. The molecule has 80 valence electrons. The van der Waals surface area contributed by atoms with Crippen molar-refractivity contribution in [3.05, 3.63) is 29.8 Å². The highest BCUT2D eigenvalue weighted by Crippen LogP contribution is 2.29. The van der Waals surface area contributed by atoms with Crippen molar-refractivity contribution in [2.75, 3.05) is 7.11 Å². The Hall–Kier alpha value is -0.730. The smallest absolute Gasteiger partial charge is 0.123 e. The molecule has 0 saturated heterocycles. The molecule has 1 aromatic carbocycles. The van der Waals surface area contributed by atoms with Gasteiger partial charge in [-0.3, -0.25) is 0 Å². The van der Waals surface area contributed by atoms with E-state index in [1.807, 2.05) is 31.2 Å². The van der Waals surface area contributed by atoms with Crippen LogP contribution in [0.4, 0.5) is 0 Å². The van der Waals surface area contributed by atoms with Gasteiger partial charge in [-0.2, -0.15) is 0 Å². The fourth-order valence-electron chi connectivity index (χ4n) is 1.31. The van der Waals surface area contributed by atoms with Gasteiger partial charge in [0.2, 0.25) is 0 Å². The average Bonchev–Trinajstić information content (AvgIpc) is 2.18. The highest BCUT2D eigenvalue weighted by atomic mass is 35.5. The number of methoxy groups -OCH3 is 1. The van der Waals surface area contributed by atoms with Crippen molar-refractivity contribution < 1.29 is 4.74 Å². The van der Waals surface area contributed by atoms with Gasteiger partial charge in [0.05, 0.1) is 7.11 Å². The van der Waals surface area contributed by atoms with Gasteiger partial charge in [-0.05, 0) is 19.4 Å². The van der Waals surface area contributed by atoms with Crippen LogP contribution in [0.1, 0.15) is 25.8 Å². The second-order valence-electron chi connectivity index (χ2n) is 3.47.